The van der Waals surface area contributed by atoms with E-state index in [1.165, 1.54) is 10.4 Å². The van der Waals surface area contributed by atoms with Crippen molar-refractivity contribution in [3.63, 3.8) is 0 Å². The first kappa shape index (κ1) is 27.4. The lowest BCUT2D eigenvalue weighted by Gasteiger charge is -2.33. The van der Waals surface area contributed by atoms with E-state index in [0.29, 0.717) is 16.5 Å². The van der Waals surface area contributed by atoms with Gasteiger partial charge in [0.1, 0.15) is 5.00 Å². The molecule has 0 bridgehead atoms. The first-order valence-electron chi connectivity index (χ1n) is 13.5. The monoisotopic (exact) mass is 557 g/mol. The Hall–Kier alpha value is -3.15. The molecule has 1 amide bonds. The fraction of sp³-hybridized carbons (Fsp3) is 0.333. The van der Waals surface area contributed by atoms with Gasteiger partial charge in [-0.3, -0.25) is 4.79 Å². The Morgan fingerprint density at radius 3 is 2.44 bits per heavy atom. The number of aryl methyl sites for hydroxylation is 2. The summed E-state index contributed by atoms with van der Waals surface area (Å²) >= 11 is 7.73. The van der Waals surface area contributed by atoms with Gasteiger partial charge in [0.15, 0.2) is 0 Å². The van der Waals surface area contributed by atoms with Crippen LogP contribution in [0, 0.1) is 32.1 Å². The zero-order valence-corrected chi connectivity index (χ0v) is 25.1. The molecule has 1 aliphatic carbocycles. The number of aliphatic imine (C=N–C) groups is 1. The normalized spacial score (nSPS) is 15.5. The number of carbonyl (C=O) groups is 1. The van der Waals surface area contributed by atoms with Crippen molar-refractivity contribution in [3.8, 4) is 5.69 Å². The molecule has 1 aliphatic rings. The van der Waals surface area contributed by atoms with Crippen molar-refractivity contribution >= 4 is 45.7 Å². The molecule has 5 rings (SSSR count). The van der Waals surface area contributed by atoms with E-state index in [1.54, 1.807) is 23.5 Å². The highest BCUT2D eigenvalue weighted by Gasteiger charge is 2.33. The van der Waals surface area contributed by atoms with Crippen LogP contribution in [0.15, 0.2) is 59.6 Å². The largest absolute Gasteiger partial charge is 0.322 e. The minimum Gasteiger partial charge on any atom is -0.322 e. The number of benzene rings is 2. The van der Waals surface area contributed by atoms with Crippen molar-refractivity contribution in [2.75, 3.05) is 5.32 Å². The summed E-state index contributed by atoms with van der Waals surface area (Å²) in [6, 6.07) is 18.0. The molecule has 0 unspecified atom stereocenters. The standard InChI is InChI=1S/C33H36ClN3OS/c1-20-7-14-27(15-8-20)37-21(2)17-23(22(37)3)19-35-32-30(31(38)36-26-12-10-25(34)11-13-26)28-16-9-24(33(4,5)6)18-29(28)39-32/h7-8,10-15,17,19,24H,9,16,18H2,1-6H3,(H,36,38)/t24-/m0/s1. The van der Waals surface area contributed by atoms with Gasteiger partial charge in [0, 0.05) is 44.4 Å². The van der Waals surface area contributed by atoms with E-state index in [-0.39, 0.29) is 11.3 Å². The van der Waals surface area contributed by atoms with Crippen LogP contribution in [-0.2, 0) is 12.8 Å². The minimum absolute atomic E-state index is 0.110. The molecular weight excluding hydrogens is 522 g/mol. The quantitative estimate of drug-likeness (QED) is 0.244. The van der Waals surface area contributed by atoms with Gasteiger partial charge in [-0.25, -0.2) is 4.99 Å². The molecular formula is C33H36ClN3OS. The molecule has 0 aliphatic heterocycles. The Labute approximate surface area is 240 Å². The highest BCUT2D eigenvalue weighted by molar-refractivity contribution is 7.16. The number of halogens is 1. The predicted octanol–water partition coefficient (Wildman–Crippen LogP) is 9.27. The third-order valence-corrected chi connectivity index (χ3v) is 9.30. The molecule has 4 nitrogen and oxygen atoms in total. The summed E-state index contributed by atoms with van der Waals surface area (Å²) in [5.41, 5.74) is 8.52. The molecule has 0 radical (unpaired) electrons. The summed E-state index contributed by atoms with van der Waals surface area (Å²) in [7, 11) is 0. The van der Waals surface area contributed by atoms with E-state index in [9.17, 15) is 4.79 Å². The highest BCUT2D eigenvalue weighted by atomic mass is 35.5. The molecule has 202 valence electrons. The van der Waals surface area contributed by atoms with Crippen molar-refractivity contribution in [1.29, 1.82) is 0 Å². The van der Waals surface area contributed by atoms with Crippen LogP contribution in [0.1, 0.15) is 70.5 Å². The highest BCUT2D eigenvalue weighted by Crippen LogP contribution is 2.45. The van der Waals surface area contributed by atoms with Gasteiger partial charge in [-0.2, -0.15) is 0 Å². The first-order chi connectivity index (χ1) is 18.5. The van der Waals surface area contributed by atoms with Gasteiger partial charge >= 0.3 is 0 Å². The Bertz CT molecular complexity index is 1540. The van der Waals surface area contributed by atoms with E-state index < -0.39 is 0 Å². The number of rotatable bonds is 5. The zero-order valence-electron chi connectivity index (χ0n) is 23.6. The van der Waals surface area contributed by atoms with E-state index in [2.05, 4.69) is 81.8 Å². The number of hydrogen-bond donors (Lipinski definition) is 1. The van der Waals surface area contributed by atoms with Gasteiger partial charge in [-0.1, -0.05) is 50.1 Å². The molecule has 4 aromatic rings. The van der Waals surface area contributed by atoms with Gasteiger partial charge < -0.3 is 9.88 Å². The number of hydrogen-bond acceptors (Lipinski definition) is 3. The summed E-state index contributed by atoms with van der Waals surface area (Å²) in [5.74, 6) is 0.474. The summed E-state index contributed by atoms with van der Waals surface area (Å²) in [6.07, 6.45) is 4.89. The fourth-order valence-electron chi connectivity index (χ4n) is 5.50. The van der Waals surface area contributed by atoms with Gasteiger partial charge in [0.2, 0.25) is 0 Å². The number of nitrogens with one attached hydrogen (secondary N) is 1. The third kappa shape index (κ3) is 5.75. The molecule has 2 aromatic carbocycles. The smallest absolute Gasteiger partial charge is 0.259 e. The molecule has 1 N–H and O–H groups in total. The van der Waals surface area contributed by atoms with Gasteiger partial charge in [-0.15, -0.1) is 11.3 Å². The number of anilines is 1. The summed E-state index contributed by atoms with van der Waals surface area (Å²) < 4.78 is 2.25. The molecule has 0 fully saturated rings. The lowest BCUT2D eigenvalue weighted by molar-refractivity contribution is 0.102. The maximum Gasteiger partial charge on any atom is 0.259 e. The van der Waals surface area contributed by atoms with Crippen molar-refractivity contribution in [3.05, 3.63) is 98.1 Å². The molecule has 1 atom stereocenters. The van der Waals surface area contributed by atoms with Crippen molar-refractivity contribution < 1.29 is 4.79 Å². The van der Waals surface area contributed by atoms with Crippen LogP contribution in [0.5, 0.6) is 0 Å². The van der Waals surface area contributed by atoms with Crippen LogP contribution >= 0.6 is 22.9 Å². The van der Waals surface area contributed by atoms with Crippen LogP contribution in [-0.4, -0.2) is 16.7 Å². The Kier molecular flexibility index (Phi) is 7.58. The molecule has 2 aromatic heterocycles. The van der Waals surface area contributed by atoms with E-state index in [1.807, 2.05) is 18.3 Å². The molecule has 0 saturated carbocycles. The van der Waals surface area contributed by atoms with Crippen molar-refractivity contribution in [2.24, 2.45) is 16.3 Å². The Balaban J connectivity index is 1.51. The second-order valence-electron chi connectivity index (χ2n) is 11.7. The average Bonchev–Trinajstić information content (AvgIpc) is 3.39. The summed E-state index contributed by atoms with van der Waals surface area (Å²) in [6.45, 7) is 13.3. The number of thiophene rings is 1. The maximum atomic E-state index is 13.7. The van der Waals surface area contributed by atoms with Crippen LogP contribution < -0.4 is 5.32 Å². The van der Waals surface area contributed by atoms with Gasteiger partial charge in [0.05, 0.1) is 5.56 Å². The molecule has 6 heteroatoms. The van der Waals surface area contributed by atoms with Crippen LogP contribution in [0.2, 0.25) is 5.02 Å². The number of fused-ring (bicyclic) bond motifs is 1. The topological polar surface area (TPSA) is 46.4 Å². The summed E-state index contributed by atoms with van der Waals surface area (Å²) in [4.78, 5) is 19.9. The zero-order chi connectivity index (χ0) is 27.9. The second-order valence-corrected chi connectivity index (χ2v) is 13.2. The maximum absolute atomic E-state index is 13.7. The van der Waals surface area contributed by atoms with E-state index in [0.717, 1.165) is 58.2 Å². The second kappa shape index (κ2) is 10.8. The Morgan fingerprint density at radius 1 is 1.08 bits per heavy atom. The molecule has 2 heterocycles. The van der Waals surface area contributed by atoms with E-state index >= 15 is 0 Å². The average molecular weight is 558 g/mol. The van der Waals surface area contributed by atoms with Gasteiger partial charge in [-0.05, 0) is 99.4 Å². The Morgan fingerprint density at radius 2 is 1.77 bits per heavy atom. The lowest BCUT2D eigenvalue weighted by atomic mass is 9.72. The van der Waals surface area contributed by atoms with Crippen molar-refractivity contribution in [1.82, 2.24) is 4.57 Å². The number of aromatic nitrogens is 1. The molecule has 39 heavy (non-hydrogen) atoms. The van der Waals surface area contributed by atoms with Crippen LogP contribution in [0.4, 0.5) is 10.7 Å². The SMILES string of the molecule is Cc1ccc(-n2c(C)cc(C=Nc3sc4c(c3C(=O)Nc3ccc(Cl)cc3)CC[C@H](C(C)(C)C)C4)c2C)cc1. The fourth-order valence-corrected chi connectivity index (χ4v) is 6.89. The first-order valence-corrected chi connectivity index (χ1v) is 14.7. The van der Waals surface area contributed by atoms with Crippen molar-refractivity contribution in [2.45, 2.75) is 60.8 Å². The number of amides is 1. The molecule has 0 spiro atoms. The van der Waals surface area contributed by atoms with E-state index in [4.69, 9.17) is 16.6 Å². The predicted molar refractivity (Wildman–Crippen MR) is 166 cm³/mol. The lowest BCUT2D eigenvalue weighted by Crippen LogP contribution is -2.27. The number of carbonyl (C=O) groups excluding carboxylic acids is 1. The van der Waals surface area contributed by atoms with Gasteiger partial charge in [0.25, 0.3) is 5.91 Å². The summed E-state index contributed by atoms with van der Waals surface area (Å²) in [5, 5.41) is 4.50. The third-order valence-electron chi connectivity index (χ3n) is 7.88. The number of nitrogens with zero attached hydrogens (tertiary/aromatic N) is 2. The van der Waals surface area contributed by atoms with Crippen LogP contribution in [0.25, 0.3) is 5.69 Å². The minimum atomic E-state index is -0.110. The van der Waals surface area contributed by atoms with Crippen LogP contribution in [0.3, 0.4) is 0 Å². The molecule has 0 saturated heterocycles.